The van der Waals surface area contributed by atoms with Gasteiger partial charge in [0.25, 0.3) is 0 Å². The van der Waals surface area contributed by atoms with Gasteiger partial charge in [0.1, 0.15) is 0 Å². The van der Waals surface area contributed by atoms with Gasteiger partial charge < -0.3 is 24.8 Å². The number of fused-ring (bicyclic) bond motifs is 2. The SMILES string of the molecule is CCCC(C)c1cc2c(-c3ccc(C45CC6CC(CC(C6)C4)C5)cc3)cccc2[cH-]1.CCc1cc2c(-c3ccc(C45CC6CC(CC(C6)C4)C5)cc3)cccc2[cH-]1.[Cl-].[Cl-].[Zr+4]. The molecule has 1 atom stereocenters. The molecule has 0 heterocycles. The minimum absolute atomic E-state index is 0. The van der Waals surface area contributed by atoms with E-state index in [1.165, 1.54) is 145 Å². The van der Waals surface area contributed by atoms with Crippen LogP contribution in [0.3, 0.4) is 0 Å². The normalized spacial score (nSPS) is 29.6. The summed E-state index contributed by atoms with van der Waals surface area (Å²) in [6, 6.07) is 42.8. The van der Waals surface area contributed by atoms with E-state index in [9.17, 15) is 0 Å². The molecule has 6 aromatic rings. The van der Waals surface area contributed by atoms with Crippen LogP contribution in [-0.4, -0.2) is 0 Å². The monoisotopic (exact) mass is 908 g/mol. The van der Waals surface area contributed by atoms with Crippen molar-refractivity contribution in [3.63, 3.8) is 0 Å². The van der Waals surface area contributed by atoms with Gasteiger partial charge >= 0.3 is 26.2 Å². The van der Waals surface area contributed by atoms with Gasteiger partial charge in [-0.05, 0) is 164 Å². The van der Waals surface area contributed by atoms with E-state index in [0.29, 0.717) is 16.7 Å². The van der Waals surface area contributed by atoms with E-state index in [4.69, 9.17) is 0 Å². The van der Waals surface area contributed by atoms with Gasteiger partial charge in [-0.2, -0.15) is 12.1 Å². The molecule has 8 aliphatic rings. The first-order valence-electron chi connectivity index (χ1n) is 23.5. The van der Waals surface area contributed by atoms with E-state index in [1.807, 2.05) is 0 Å². The Morgan fingerprint density at radius 1 is 0.533 bits per heavy atom. The summed E-state index contributed by atoms with van der Waals surface area (Å²) >= 11 is 0. The van der Waals surface area contributed by atoms with E-state index >= 15 is 0 Å². The fourth-order valence-electron chi connectivity index (χ4n) is 15.1. The number of halogens is 2. The van der Waals surface area contributed by atoms with Gasteiger partial charge in [-0.3, -0.25) is 0 Å². The number of hydrogen-bond acceptors (Lipinski definition) is 0. The maximum Gasteiger partial charge on any atom is 4.00 e. The third kappa shape index (κ3) is 7.92. The maximum absolute atomic E-state index is 2.49. The van der Waals surface area contributed by atoms with E-state index in [-0.39, 0.29) is 51.0 Å². The zero-order chi connectivity index (χ0) is 38.3. The van der Waals surface area contributed by atoms with Gasteiger partial charge in [-0.1, -0.05) is 99.0 Å². The number of rotatable bonds is 8. The maximum atomic E-state index is 2.49. The zero-order valence-corrected chi connectivity index (χ0v) is 40.3. The van der Waals surface area contributed by atoms with Crippen molar-refractivity contribution in [2.45, 2.75) is 134 Å². The quantitative estimate of drug-likeness (QED) is 0.134. The van der Waals surface area contributed by atoms with E-state index < -0.39 is 0 Å². The standard InChI is InChI=1S/C30H35.C27H29.2ClH.Zr/c1-3-5-20(2)26-15-25-6-4-7-28(29(25)16-26)24-8-10-27(11-9-24)30-17-21-12-22(18-30)14-23(13-21)19-30;1-2-18-13-23-4-3-5-25(26(23)14-18)22-6-8-24(9-7-22)27-15-19-10-20(16-27)12-21(11-19)17-27;;;/h4,6-11,15-16,20-23H,3,5,12-14,17-19H2,1-2H3;3-9,13-14,19-21H,2,10-12,15-17H2,1H3;2*1H;/q2*-1;;;+4/p-2. The van der Waals surface area contributed by atoms with Crippen molar-refractivity contribution in [2.24, 2.45) is 35.5 Å². The molecule has 0 aliphatic heterocycles. The molecule has 0 aromatic heterocycles. The van der Waals surface area contributed by atoms with E-state index in [1.54, 1.807) is 11.1 Å². The average Bonchev–Trinajstić information content (AvgIpc) is 3.86. The van der Waals surface area contributed by atoms with Gasteiger partial charge in [0.2, 0.25) is 0 Å². The summed E-state index contributed by atoms with van der Waals surface area (Å²) in [5.74, 6) is 6.73. The first-order chi connectivity index (χ1) is 27.9. The van der Waals surface area contributed by atoms with Crippen molar-refractivity contribution < 1.29 is 51.0 Å². The molecular formula is C57H64Cl2Zr. The van der Waals surface area contributed by atoms with Gasteiger partial charge in [-0.25, -0.2) is 0 Å². The molecule has 14 rings (SSSR count). The first kappa shape index (κ1) is 44.2. The van der Waals surface area contributed by atoms with Crippen molar-refractivity contribution in [3.05, 3.63) is 131 Å². The predicted molar refractivity (Wildman–Crippen MR) is 242 cm³/mol. The molecular weight excluding hydrogens is 847 g/mol. The molecule has 8 aliphatic carbocycles. The second-order valence-electron chi connectivity index (χ2n) is 20.9. The Hall–Kier alpha value is -2.44. The summed E-state index contributed by atoms with van der Waals surface area (Å²) in [6.45, 7) is 6.90. The second-order valence-corrected chi connectivity index (χ2v) is 20.9. The van der Waals surface area contributed by atoms with Gasteiger partial charge in [-0.15, -0.1) is 69.1 Å². The Morgan fingerprint density at radius 2 is 0.933 bits per heavy atom. The molecule has 0 amide bonds. The van der Waals surface area contributed by atoms with Crippen molar-refractivity contribution >= 4 is 21.5 Å². The van der Waals surface area contributed by atoms with Crippen LogP contribution in [0.25, 0.3) is 43.8 Å². The summed E-state index contributed by atoms with van der Waals surface area (Å²) in [5.41, 5.74) is 12.8. The topological polar surface area (TPSA) is 0 Å². The fraction of sp³-hybridized carbons (Fsp3) is 0.474. The summed E-state index contributed by atoms with van der Waals surface area (Å²) in [7, 11) is 0. The molecule has 1 unspecified atom stereocenters. The Bertz CT molecular complexity index is 2320. The third-order valence-corrected chi connectivity index (χ3v) is 17.0. The van der Waals surface area contributed by atoms with Crippen LogP contribution in [0, 0.1) is 35.5 Å². The molecule has 0 saturated heterocycles. The summed E-state index contributed by atoms with van der Waals surface area (Å²) in [5, 5.41) is 5.63. The van der Waals surface area contributed by atoms with Gasteiger partial charge in [0, 0.05) is 0 Å². The molecule has 8 saturated carbocycles. The van der Waals surface area contributed by atoms with Crippen LogP contribution in [0.15, 0.2) is 109 Å². The average molecular weight is 911 g/mol. The first-order valence-corrected chi connectivity index (χ1v) is 23.5. The Kier molecular flexibility index (Phi) is 13.0. The Morgan fingerprint density at radius 3 is 1.33 bits per heavy atom. The molecule has 8 fully saturated rings. The summed E-state index contributed by atoms with van der Waals surface area (Å²) in [6.07, 6.45) is 21.5. The van der Waals surface area contributed by atoms with Gasteiger partial charge in [0.05, 0.1) is 0 Å². The molecule has 0 spiro atoms. The Labute approximate surface area is 392 Å². The molecule has 0 N–H and O–H groups in total. The number of benzene rings is 4. The van der Waals surface area contributed by atoms with Crippen molar-refractivity contribution in [1.29, 1.82) is 0 Å². The predicted octanol–water partition coefficient (Wildman–Crippen LogP) is 9.86. The van der Waals surface area contributed by atoms with Crippen LogP contribution in [0.1, 0.15) is 139 Å². The molecule has 3 heteroatoms. The minimum atomic E-state index is 0. The van der Waals surface area contributed by atoms with Crippen molar-refractivity contribution in [3.8, 4) is 22.3 Å². The minimum Gasteiger partial charge on any atom is -1.00 e. The van der Waals surface area contributed by atoms with E-state index in [2.05, 4.69) is 130 Å². The number of aryl methyl sites for hydroxylation is 1. The van der Waals surface area contributed by atoms with Crippen LogP contribution in [-0.2, 0) is 43.5 Å². The van der Waals surface area contributed by atoms with Crippen LogP contribution < -0.4 is 24.8 Å². The van der Waals surface area contributed by atoms with Gasteiger partial charge in [0.15, 0.2) is 0 Å². The summed E-state index contributed by atoms with van der Waals surface area (Å²) in [4.78, 5) is 0. The Balaban J connectivity index is 0.000000159. The van der Waals surface area contributed by atoms with Crippen LogP contribution in [0.5, 0.6) is 0 Å². The fourth-order valence-corrected chi connectivity index (χ4v) is 15.1. The summed E-state index contributed by atoms with van der Waals surface area (Å²) < 4.78 is 0. The van der Waals surface area contributed by atoms with Crippen LogP contribution >= 0.6 is 0 Å². The molecule has 0 radical (unpaired) electrons. The van der Waals surface area contributed by atoms with Crippen LogP contribution in [0.4, 0.5) is 0 Å². The molecule has 310 valence electrons. The second kappa shape index (κ2) is 17.6. The number of hydrogen-bond donors (Lipinski definition) is 0. The smallest absolute Gasteiger partial charge is 1.00 e. The zero-order valence-electron chi connectivity index (χ0n) is 36.3. The van der Waals surface area contributed by atoms with Crippen molar-refractivity contribution in [2.75, 3.05) is 0 Å². The van der Waals surface area contributed by atoms with Crippen LogP contribution in [0.2, 0.25) is 0 Å². The molecule has 8 bridgehead atoms. The molecule has 6 aromatic carbocycles. The van der Waals surface area contributed by atoms with E-state index in [0.717, 1.165) is 41.9 Å². The molecule has 0 nitrogen and oxygen atoms in total. The molecule has 60 heavy (non-hydrogen) atoms. The van der Waals surface area contributed by atoms with Crippen molar-refractivity contribution in [1.82, 2.24) is 0 Å². The third-order valence-electron chi connectivity index (χ3n) is 17.0. The largest absolute Gasteiger partial charge is 4.00 e.